The summed E-state index contributed by atoms with van der Waals surface area (Å²) in [6.45, 7) is 13.8. The molecule has 0 N–H and O–H groups in total. The van der Waals surface area contributed by atoms with Crippen LogP contribution < -0.4 is 4.90 Å². The van der Waals surface area contributed by atoms with Gasteiger partial charge in [-0.1, -0.05) is 58.2 Å². The zero-order chi connectivity index (χ0) is 23.3. The fourth-order valence-electron chi connectivity index (χ4n) is 6.33. The molecular formula is C29H47N3O. The van der Waals surface area contributed by atoms with Crippen molar-refractivity contribution < 1.29 is 4.79 Å². The van der Waals surface area contributed by atoms with E-state index in [9.17, 15) is 4.79 Å². The van der Waals surface area contributed by atoms with E-state index in [1.54, 1.807) is 5.56 Å². The van der Waals surface area contributed by atoms with Crippen LogP contribution in [0.15, 0.2) is 24.3 Å². The third-order valence-corrected chi connectivity index (χ3v) is 8.61. The third kappa shape index (κ3) is 6.53. The lowest BCUT2D eigenvalue weighted by molar-refractivity contribution is -0.132. The molecule has 1 saturated carbocycles. The Labute approximate surface area is 202 Å². The van der Waals surface area contributed by atoms with Crippen LogP contribution in [-0.4, -0.2) is 61.5 Å². The monoisotopic (exact) mass is 453 g/mol. The first kappa shape index (κ1) is 24.6. The number of hydrogen-bond donors (Lipinski definition) is 0. The fourth-order valence-corrected chi connectivity index (χ4v) is 6.33. The van der Waals surface area contributed by atoms with Crippen LogP contribution in [0.1, 0.15) is 90.0 Å². The zero-order valence-electron chi connectivity index (χ0n) is 21.5. The number of rotatable bonds is 4. The number of benzene rings is 1. The molecule has 2 saturated heterocycles. The van der Waals surface area contributed by atoms with Crippen molar-refractivity contribution in [2.75, 3.05) is 50.7 Å². The van der Waals surface area contributed by atoms with Gasteiger partial charge in [0.25, 0.3) is 0 Å². The van der Waals surface area contributed by atoms with Gasteiger partial charge in [-0.15, -0.1) is 0 Å². The second-order valence-electron chi connectivity index (χ2n) is 11.9. The van der Waals surface area contributed by atoms with Crippen LogP contribution in [-0.2, 0) is 4.79 Å². The summed E-state index contributed by atoms with van der Waals surface area (Å²) in [5, 5.41) is 0. The summed E-state index contributed by atoms with van der Waals surface area (Å²) in [5.74, 6) is 1.91. The highest BCUT2D eigenvalue weighted by Gasteiger charge is 2.32. The first-order valence-corrected chi connectivity index (χ1v) is 13.8. The number of amides is 1. The Balaban J connectivity index is 1.31. The van der Waals surface area contributed by atoms with Gasteiger partial charge in [0.2, 0.25) is 5.91 Å². The van der Waals surface area contributed by atoms with E-state index in [0.717, 1.165) is 45.2 Å². The Kier molecular flexibility index (Phi) is 8.38. The van der Waals surface area contributed by atoms with Crippen molar-refractivity contribution in [3.63, 3.8) is 0 Å². The molecule has 4 heteroatoms. The molecule has 184 valence electrons. The van der Waals surface area contributed by atoms with E-state index in [0.29, 0.717) is 23.8 Å². The lowest BCUT2D eigenvalue weighted by atomic mass is 9.68. The molecule has 1 amide bonds. The maximum atomic E-state index is 12.9. The highest BCUT2D eigenvalue weighted by Crippen LogP contribution is 2.45. The van der Waals surface area contributed by atoms with Gasteiger partial charge in [0.15, 0.2) is 0 Å². The third-order valence-electron chi connectivity index (χ3n) is 8.61. The summed E-state index contributed by atoms with van der Waals surface area (Å²) in [6.07, 6.45) is 11.6. The molecule has 0 bridgehead atoms. The number of piperazine rings is 1. The van der Waals surface area contributed by atoms with Crippen LogP contribution in [0.25, 0.3) is 0 Å². The molecular weight excluding hydrogens is 406 g/mol. The maximum absolute atomic E-state index is 12.9. The van der Waals surface area contributed by atoms with Gasteiger partial charge in [0.1, 0.15) is 0 Å². The molecule has 4 rings (SSSR count). The number of nitrogens with zero attached hydrogens (tertiary/aromatic N) is 3. The minimum absolute atomic E-state index is 0.348. The molecule has 3 aliphatic rings. The second-order valence-corrected chi connectivity index (χ2v) is 11.9. The largest absolute Gasteiger partial charge is 0.369 e. The van der Waals surface area contributed by atoms with Crippen LogP contribution in [0, 0.1) is 11.3 Å². The SMILES string of the molecule is CC(C)(C)C1CCC(c2ccccc2N2CCN(CC(=O)N3CCCCCCC3)CC2)CC1. The summed E-state index contributed by atoms with van der Waals surface area (Å²) < 4.78 is 0. The normalized spacial score (nSPS) is 26.0. The molecule has 0 spiro atoms. The number of carbonyl (C=O) groups is 1. The number of para-hydroxylation sites is 1. The molecule has 1 aromatic rings. The molecule has 0 atom stereocenters. The first-order chi connectivity index (χ1) is 15.9. The van der Waals surface area contributed by atoms with Crippen molar-refractivity contribution >= 4 is 11.6 Å². The number of carbonyl (C=O) groups excluding carboxylic acids is 1. The van der Waals surface area contributed by atoms with E-state index in [-0.39, 0.29) is 0 Å². The summed E-state index contributed by atoms with van der Waals surface area (Å²) in [4.78, 5) is 20.0. The summed E-state index contributed by atoms with van der Waals surface area (Å²) in [6, 6.07) is 9.16. The van der Waals surface area contributed by atoms with Gasteiger partial charge in [0.05, 0.1) is 6.54 Å². The predicted molar refractivity (Wildman–Crippen MR) is 139 cm³/mol. The highest BCUT2D eigenvalue weighted by atomic mass is 16.2. The molecule has 0 unspecified atom stereocenters. The van der Waals surface area contributed by atoms with E-state index in [4.69, 9.17) is 0 Å². The molecule has 1 aromatic carbocycles. The summed E-state index contributed by atoms with van der Waals surface area (Å²) >= 11 is 0. The van der Waals surface area contributed by atoms with Gasteiger partial charge in [-0.05, 0) is 67.4 Å². The topological polar surface area (TPSA) is 26.8 Å². The van der Waals surface area contributed by atoms with Gasteiger partial charge < -0.3 is 9.80 Å². The number of anilines is 1. The summed E-state index contributed by atoms with van der Waals surface area (Å²) in [7, 11) is 0. The van der Waals surface area contributed by atoms with Crippen LogP contribution in [0.4, 0.5) is 5.69 Å². The van der Waals surface area contributed by atoms with E-state index < -0.39 is 0 Å². The quantitative estimate of drug-likeness (QED) is 0.566. The van der Waals surface area contributed by atoms with Crippen LogP contribution in [0.2, 0.25) is 0 Å². The van der Waals surface area contributed by atoms with E-state index in [1.807, 2.05) is 0 Å². The Morgan fingerprint density at radius 1 is 0.818 bits per heavy atom. The van der Waals surface area contributed by atoms with E-state index in [1.165, 1.54) is 63.5 Å². The molecule has 2 aliphatic heterocycles. The van der Waals surface area contributed by atoms with Crippen LogP contribution >= 0.6 is 0 Å². The molecule has 2 heterocycles. The van der Waals surface area contributed by atoms with E-state index >= 15 is 0 Å². The molecule has 0 radical (unpaired) electrons. The predicted octanol–water partition coefficient (Wildman–Crippen LogP) is 5.92. The molecule has 0 aromatic heterocycles. The number of likely N-dealkylation sites (tertiary alicyclic amines) is 1. The zero-order valence-corrected chi connectivity index (χ0v) is 21.5. The van der Waals surface area contributed by atoms with Crippen molar-refractivity contribution in [1.82, 2.24) is 9.80 Å². The Bertz CT molecular complexity index is 746. The molecule has 33 heavy (non-hydrogen) atoms. The minimum atomic E-state index is 0.348. The van der Waals surface area contributed by atoms with Gasteiger partial charge in [-0.3, -0.25) is 9.69 Å². The van der Waals surface area contributed by atoms with Gasteiger partial charge >= 0.3 is 0 Å². The first-order valence-electron chi connectivity index (χ1n) is 13.8. The van der Waals surface area contributed by atoms with Crippen molar-refractivity contribution in [2.45, 2.75) is 84.5 Å². The van der Waals surface area contributed by atoms with Gasteiger partial charge in [-0.25, -0.2) is 0 Å². The lowest BCUT2D eigenvalue weighted by Crippen LogP contribution is -2.50. The maximum Gasteiger partial charge on any atom is 0.236 e. The van der Waals surface area contributed by atoms with Gasteiger partial charge in [-0.2, -0.15) is 0 Å². The van der Waals surface area contributed by atoms with Crippen molar-refractivity contribution in [1.29, 1.82) is 0 Å². The average Bonchev–Trinajstić information content (AvgIpc) is 2.79. The van der Waals surface area contributed by atoms with Crippen LogP contribution in [0.5, 0.6) is 0 Å². The Hall–Kier alpha value is -1.55. The standard InChI is InChI=1S/C29H47N3O/c1-29(2,3)25-15-13-24(14-16-25)26-11-7-8-12-27(26)31-21-19-30(20-22-31)23-28(33)32-17-9-5-4-6-10-18-32/h7-8,11-12,24-25H,4-6,9-10,13-23H2,1-3H3. The Morgan fingerprint density at radius 2 is 1.42 bits per heavy atom. The average molecular weight is 454 g/mol. The van der Waals surface area contributed by atoms with Crippen molar-refractivity contribution in [3.8, 4) is 0 Å². The van der Waals surface area contributed by atoms with Crippen LogP contribution in [0.3, 0.4) is 0 Å². The van der Waals surface area contributed by atoms with Crippen molar-refractivity contribution in [3.05, 3.63) is 29.8 Å². The summed E-state index contributed by atoms with van der Waals surface area (Å²) in [5.41, 5.74) is 3.45. The van der Waals surface area contributed by atoms with E-state index in [2.05, 4.69) is 59.7 Å². The minimum Gasteiger partial charge on any atom is -0.369 e. The highest BCUT2D eigenvalue weighted by molar-refractivity contribution is 5.78. The fraction of sp³-hybridized carbons (Fsp3) is 0.759. The molecule has 3 fully saturated rings. The smallest absolute Gasteiger partial charge is 0.236 e. The van der Waals surface area contributed by atoms with Gasteiger partial charge in [0, 0.05) is 45.0 Å². The Morgan fingerprint density at radius 3 is 2.06 bits per heavy atom. The number of hydrogen-bond acceptors (Lipinski definition) is 3. The molecule has 4 nitrogen and oxygen atoms in total. The second kappa shape index (κ2) is 11.3. The molecule has 1 aliphatic carbocycles. The lowest BCUT2D eigenvalue weighted by Gasteiger charge is -2.40. The van der Waals surface area contributed by atoms with Crippen molar-refractivity contribution in [2.24, 2.45) is 11.3 Å².